The van der Waals surface area contributed by atoms with Crippen LogP contribution in [-0.4, -0.2) is 111 Å². The van der Waals surface area contributed by atoms with E-state index in [1.165, 1.54) is 0 Å². The Labute approximate surface area is 258 Å². The molecule has 0 bridgehead atoms. The molecular formula is C32H40Cl2N4O4. The third-order valence-electron chi connectivity index (χ3n) is 7.78. The molecule has 2 aliphatic heterocycles. The largest absolute Gasteiger partial charge is 0.491 e. The summed E-state index contributed by atoms with van der Waals surface area (Å²) in [7, 11) is 0. The van der Waals surface area contributed by atoms with Crippen LogP contribution in [0.4, 0.5) is 11.4 Å². The number of hydrogen-bond donors (Lipinski definition) is 2. The van der Waals surface area contributed by atoms with Crippen LogP contribution in [0.15, 0.2) is 72.8 Å². The lowest BCUT2D eigenvalue weighted by Gasteiger charge is -2.37. The third kappa shape index (κ3) is 8.66. The summed E-state index contributed by atoms with van der Waals surface area (Å²) in [5.74, 6) is 1.34. The number of anilines is 2. The van der Waals surface area contributed by atoms with E-state index in [1.807, 2.05) is 72.8 Å². The number of benzene rings is 3. The van der Waals surface area contributed by atoms with E-state index in [0.717, 1.165) is 73.8 Å². The average molecular weight is 616 g/mol. The number of aliphatic hydroxyl groups is 2. The molecule has 2 aliphatic rings. The van der Waals surface area contributed by atoms with E-state index in [2.05, 4.69) is 19.6 Å². The Morgan fingerprint density at radius 2 is 0.905 bits per heavy atom. The SMILES string of the molecule is O[C@@H](COc1ccc(OC[C@H](O)CN2CCN(c3ccccc3Cl)CC2)cc1)CN1CCN(c2ccccc2Cl)CC1. The van der Waals surface area contributed by atoms with Gasteiger partial charge >= 0.3 is 0 Å². The van der Waals surface area contributed by atoms with Gasteiger partial charge in [0.15, 0.2) is 0 Å². The van der Waals surface area contributed by atoms with Gasteiger partial charge in [0.05, 0.1) is 21.4 Å². The summed E-state index contributed by atoms with van der Waals surface area (Å²) in [6.07, 6.45) is -1.18. The summed E-state index contributed by atoms with van der Waals surface area (Å²) < 4.78 is 11.6. The molecule has 0 amide bonds. The van der Waals surface area contributed by atoms with Crippen LogP contribution < -0.4 is 19.3 Å². The van der Waals surface area contributed by atoms with Gasteiger partial charge in [-0.25, -0.2) is 0 Å². The van der Waals surface area contributed by atoms with Crippen LogP contribution in [-0.2, 0) is 0 Å². The molecule has 0 unspecified atom stereocenters. The van der Waals surface area contributed by atoms with Crippen molar-refractivity contribution in [2.75, 3.05) is 88.5 Å². The zero-order chi connectivity index (χ0) is 29.3. The van der Waals surface area contributed by atoms with E-state index in [-0.39, 0.29) is 13.2 Å². The molecule has 0 spiro atoms. The fourth-order valence-corrected chi connectivity index (χ4v) is 5.99. The molecule has 0 saturated carbocycles. The second-order valence-electron chi connectivity index (χ2n) is 10.9. The average Bonchev–Trinajstić information content (AvgIpc) is 3.01. The minimum absolute atomic E-state index is 0.216. The first-order chi connectivity index (χ1) is 20.4. The lowest BCUT2D eigenvalue weighted by molar-refractivity contribution is 0.0650. The van der Waals surface area contributed by atoms with E-state index in [0.29, 0.717) is 24.6 Å². The summed E-state index contributed by atoms with van der Waals surface area (Å²) in [5, 5.41) is 22.6. The van der Waals surface area contributed by atoms with Crippen molar-refractivity contribution in [1.82, 2.24) is 9.80 Å². The predicted octanol–water partition coefficient (Wildman–Crippen LogP) is 4.12. The van der Waals surface area contributed by atoms with Crippen LogP contribution in [0.5, 0.6) is 11.5 Å². The van der Waals surface area contributed by atoms with E-state index in [9.17, 15) is 10.2 Å². The highest BCUT2D eigenvalue weighted by Gasteiger charge is 2.22. The highest BCUT2D eigenvalue weighted by Crippen LogP contribution is 2.27. The van der Waals surface area contributed by atoms with Crippen LogP contribution in [0.1, 0.15) is 0 Å². The van der Waals surface area contributed by atoms with Gasteiger partial charge in [-0.1, -0.05) is 47.5 Å². The van der Waals surface area contributed by atoms with Gasteiger partial charge in [0, 0.05) is 65.4 Å². The van der Waals surface area contributed by atoms with Gasteiger partial charge in [-0.3, -0.25) is 9.80 Å². The molecule has 2 fully saturated rings. The second-order valence-corrected chi connectivity index (χ2v) is 11.7. The predicted molar refractivity (Wildman–Crippen MR) is 170 cm³/mol. The maximum Gasteiger partial charge on any atom is 0.119 e. The van der Waals surface area contributed by atoms with E-state index >= 15 is 0 Å². The molecule has 2 atom stereocenters. The number of nitrogens with zero attached hydrogens (tertiary/aromatic N) is 4. The number of para-hydroxylation sites is 2. The number of β-amino-alcohol motifs (C(OH)–C–C–N with tert-alkyl or cyclic N) is 2. The summed E-state index contributed by atoms with van der Waals surface area (Å²) >= 11 is 12.7. The van der Waals surface area contributed by atoms with Crippen LogP contribution >= 0.6 is 23.2 Å². The van der Waals surface area contributed by atoms with Crippen LogP contribution in [0.2, 0.25) is 10.0 Å². The maximum atomic E-state index is 10.5. The molecule has 5 rings (SSSR count). The molecule has 226 valence electrons. The standard InChI is InChI=1S/C32H40Cl2N4O4/c33-29-5-1-3-7-31(29)37-17-13-35(14-18-37)21-25(39)23-41-27-9-11-28(12-10-27)42-24-26(40)22-36-15-19-38(20-16-36)32-8-4-2-6-30(32)34/h1-12,25-26,39-40H,13-24H2/t25-,26-/m1/s1. The van der Waals surface area contributed by atoms with Crippen LogP contribution in [0.25, 0.3) is 0 Å². The van der Waals surface area contributed by atoms with Gasteiger partial charge in [0.2, 0.25) is 0 Å². The fourth-order valence-electron chi connectivity index (χ4n) is 5.48. The number of aliphatic hydroxyl groups excluding tert-OH is 2. The molecule has 0 radical (unpaired) electrons. The van der Waals surface area contributed by atoms with Gasteiger partial charge in [-0.05, 0) is 48.5 Å². The molecule has 42 heavy (non-hydrogen) atoms. The highest BCUT2D eigenvalue weighted by atomic mass is 35.5. The van der Waals surface area contributed by atoms with Crippen LogP contribution in [0, 0.1) is 0 Å². The molecule has 2 N–H and O–H groups in total. The lowest BCUT2D eigenvalue weighted by Crippen LogP contribution is -2.49. The number of halogens is 2. The van der Waals surface area contributed by atoms with Crippen LogP contribution in [0.3, 0.4) is 0 Å². The minimum Gasteiger partial charge on any atom is -0.491 e. The molecular weight excluding hydrogens is 575 g/mol. The molecule has 3 aromatic rings. The van der Waals surface area contributed by atoms with Crippen molar-refractivity contribution < 1.29 is 19.7 Å². The Morgan fingerprint density at radius 3 is 1.26 bits per heavy atom. The van der Waals surface area contributed by atoms with E-state index in [1.54, 1.807) is 0 Å². The van der Waals surface area contributed by atoms with Crippen molar-refractivity contribution >= 4 is 34.6 Å². The van der Waals surface area contributed by atoms with Gasteiger partial charge in [-0.2, -0.15) is 0 Å². The first-order valence-corrected chi connectivity index (χ1v) is 15.4. The molecule has 2 heterocycles. The number of ether oxygens (including phenoxy) is 2. The van der Waals surface area contributed by atoms with Gasteiger partial charge < -0.3 is 29.5 Å². The highest BCUT2D eigenvalue weighted by molar-refractivity contribution is 6.33. The summed E-state index contributed by atoms with van der Waals surface area (Å²) in [4.78, 5) is 9.08. The quantitative estimate of drug-likeness (QED) is 0.316. The Kier molecular flexibility index (Phi) is 11.1. The maximum absolute atomic E-state index is 10.5. The molecule has 10 heteroatoms. The van der Waals surface area contributed by atoms with Crippen molar-refractivity contribution in [2.24, 2.45) is 0 Å². The second kappa shape index (κ2) is 15.1. The fraction of sp³-hybridized carbons (Fsp3) is 0.438. The van der Waals surface area contributed by atoms with E-state index in [4.69, 9.17) is 32.7 Å². The zero-order valence-electron chi connectivity index (χ0n) is 23.8. The molecule has 0 aliphatic carbocycles. The summed E-state index contributed by atoms with van der Waals surface area (Å²) in [6.45, 7) is 8.47. The van der Waals surface area contributed by atoms with Crippen molar-refractivity contribution in [2.45, 2.75) is 12.2 Å². The van der Waals surface area contributed by atoms with E-state index < -0.39 is 12.2 Å². The zero-order valence-corrected chi connectivity index (χ0v) is 25.3. The molecule has 8 nitrogen and oxygen atoms in total. The van der Waals surface area contributed by atoms with Crippen molar-refractivity contribution in [1.29, 1.82) is 0 Å². The Balaban J connectivity index is 0.960. The molecule has 3 aromatic carbocycles. The monoisotopic (exact) mass is 614 g/mol. The Hall–Kier alpha value is -2.72. The first-order valence-electron chi connectivity index (χ1n) is 14.6. The van der Waals surface area contributed by atoms with Crippen molar-refractivity contribution in [3.8, 4) is 11.5 Å². The summed E-state index contributed by atoms with van der Waals surface area (Å²) in [6, 6.07) is 23.1. The molecule has 2 saturated heterocycles. The normalized spacial score (nSPS) is 18.1. The summed E-state index contributed by atoms with van der Waals surface area (Å²) in [5.41, 5.74) is 2.13. The lowest BCUT2D eigenvalue weighted by atomic mass is 10.2. The van der Waals surface area contributed by atoms with Gasteiger partial charge in [-0.15, -0.1) is 0 Å². The number of piperazine rings is 2. The molecule has 0 aromatic heterocycles. The smallest absolute Gasteiger partial charge is 0.119 e. The Bertz CT molecular complexity index is 1150. The van der Waals surface area contributed by atoms with Crippen molar-refractivity contribution in [3.05, 3.63) is 82.8 Å². The number of rotatable bonds is 12. The van der Waals surface area contributed by atoms with Gasteiger partial charge in [0.25, 0.3) is 0 Å². The van der Waals surface area contributed by atoms with Gasteiger partial charge in [0.1, 0.15) is 36.9 Å². The first kappa shape index (κ1) is 30.7. The van der Waals surface area contributed by atoms with Crippen molar-refractivity contribution in [3.63, 3.8) is 0 Å². The third-order valence-corrected chi connectivity index (χ3v) is 8.42. The Morgan fingerprint density at radius 1 is 0.548 bits per heavy atom. The topological polar surface area (TPSA) is 71.9 Å². The number of hydrogen-bond acceptors (Lipinski definition) is 8. The minimum atomic E-state index is -0.588.